The van der Waals surface area contributed by atoms with Gasteiger partial charge in [0.15, 0.2) is 0 Å². The Labute approximate surface area is 105 Å². The second-order valence-electron chi connectivity index (χ2n) is 3.52. The summed E-state index contributed by atoms with van der Waals surface area (Å²) >= 11 is 0. The zero-order valence-electron chi connectivity index (χ0n) is 9.60. The second kappa shape index (κ2) is 5.58. The van der Waals surface area contributed by atoms with Gasteiger partial charge in [0.25, 0.3) is 0 Å². The standard InChI is InChI=1S/C13H12N4O/c14-13(18)17(12-6-2-1-3-7-12)16-10-11-5-4-8-15-9-11/h1-10H,(H2,14,18)/b16-10+. The van der Waals surface area contributed by atoms with Crippen LogP contribution in [0.1, 0.15) is 5.56 Å². The molecule has 1 heterocycles. The van der Waals surface area contributed by atoms with Gasteiger partial charge in [0.05, 0.1) is 11.9 Å². The number of hydrogen-bond acceptors (Lipinski definition) is 3. The number of nitrogens with two attached hydrogens (primary N) is 1. The van der Waals surface area contributed by atoms with Crippen molar-refractivity contribution < 1.29 is 4.79 Å². The number of pyridine rings is 1. The molecule has 90 valence electrons. The predicted molar refractivity (Wildman–Crippen MR) is 70.3 cm³/mol. The fraction of sp³-hybridized carbons (Fsp3) is 0. The first-order valence-corrected chi connectivity index (χ1v) is 5.36. The van der Waals surface area contributed by atoms with Crippen molar-refractivity contribution in [2.45, 2.75) is 0 Å². The molecule has 0 saturated carbocycles. The molecule has 0 atom stereocenters. The van der Waals surface area contributed by atoms with E-state index in [0.717, 1.165) is 10.6 Å². The minimum absolute atomic E-state index is 0.616. The summed E-state index contributed by atoms with van der Waals surface area (Å²) in [5.74, 6) is 0. The van der Waals surface area contributed by atoms with E-state index in [1.165, 1.54) is 6.21 Å². The highest BCUT2D eigenvalue weighted by molar-refractivity contribution is 5.92. The summed E-state index contributed by atoms with van der Waals surface area (Å²) in [6, 6.07) is 12.0. The second-order valence-corrected chi connectivity index (χ2v) is 3.52. The lowest BCUT2D eigenvalue weighted by Crippen LogP contribution is -2.31. The molecule has 2 rings (SSSR count). The van der Waals surface area contributed by atoms with Crippen LogP contribution in [0.3, 0.4) is 0 Å². The topological polar surface area (TPSA) is 71.6 Å². The molecule has 2 amide bonds. The van der Waals surface area contributed by atoms with Gasteiger partial charge in [-0.25, -0.2) is 4.79 Å². The molecular formula is C13H12N4O. The van der Waals surface area contributed by atoms with Gasteiger partial charge < -0.3 is 5.73 Å². The lowest BCUT2D eigenvalue weighted by atomic mass is 10.3. The highest BCUT2D eigenvalue weighted by atomic mass is 16.2. The van der Waals surface area contributed by atoms with Crippen LogP contribution in [0.2, 0.25) is 0 Å². The molecule has 0 spiro atoms. The fourth-order valence-electron chi connectivity index (χ4n) is 1.40. The molecule has 1 aromatic carbocycles. The number of benzene rings is 1. The highest BCUT2D eigenvalue weighted by Gasteiger charge is 2.09. The number of para-hydroxylation sites is 1. The molecule has 0 aliphatic heterocycles. The van der Waals surface area contributed by atoms with Crippen LogP contribution in [0.5, 0.6) is 0 Å². The summed E-state index contributed by atoms with van der Waals surface area (Å²) in [4.78, 5) is 15.3. The van der Waals surface area contributed by atoms with Gasteiger partial charge in [-0.05, 0) is 18.2 Å². The summed E-state index contributed by atoms with van der Waals surface area (Å²) in [6.07, 6.45) is 4.85. The van der Waals surface area contributed by atoms with Crippen LogP contribution in [-0.2, 0) is 0 Å². The molecule has 0 bridgehead atoms. The lowest BCUT2D eigenvalue weighted by Gasteiger charge is -2.13. The number of amides is 2. The van der Waals surface area contributed by atoms with Crippen LogP contribution in [0.25, 0.3) is 0 Å². The Morgan fingerprint density at radius 1 is 1.22 bits per heavy atom. The highest BCUT2D eigenvalue weighted by Crippen LogP contribution is 2.13. The van der Waals surface area contributed by atoms with Crippen LogP contribution in [0.15, 0.2) is 60.0 Å². The Kier molecular flexibility index (Phi) is 3.66. The average molecular weight is 240 g/mol. The molecule has 18 heavy (non-hydrogen) atoms. The molecule has 0 aliphatic rings. The molecule has 0 unspecified atom stereocenters. The van der Waals surface area contributed by atoms with Gasteiger partial charge in [0.2, 0.25) is 0 Å². The molecule has 5 heteroatoms. The first-order valence-electron chi connectivity index (χ1n) is 5.36. The monoisotopic (exact) mass is 240 g/mol. The Morgan fingerprint density at radius 3 is 2.61 bits per heavy atom. The largest absolute Gasteiger partial charge is 0.350 e. The van der Waals surface area contributed by atoms with Gasteiger partial charge >= 0.3 is 6.03 Å². The first kappa shape index (κ1) is 11.8. The Morgan fingerprint density at radius 2 is 2.00 bits per heavy atom. The van der Waals surface area contributed by atoms with Gasteiger partial charge in [0, 0.05) is 18.0 Å². The van der Waals surface area contributed by atoms with Gasteiger partial charge in [-0.1, -0.05) is 24.3 Å². The molecular weight excluding hydrogens is 228 g/mol. The van der Waals surface area contributed by atoms with Crippen molar-refractivity contribution in [1.82, 2.24) is 4.98 Å². The van der Waals surface area contributed by atoms with E-state index in [1.807, 2.05) is 24.3 Å². The Hall–Kier alpha value is -2.69. The van der Waals surface area contributed by atoms with Crippen molar-refractivity contribution >= 4 is 17.9 Å². The summed E-state index contributed by atoms with van der Waals surface area (Å²) in [5, 5.41) is 5.19. The molecule has 2 N–H and O–H groups in total. The molecule has 1 aromatic heterocycles. The molecule has 5 nitrogen and oxygen atoms in total. The smallest absolute Gasteiger partial charge is 0.340 e. The van der Waals surface area contributed by atoms with Crippen molar-refractivity contribution in [2.24, 2.45) is 10.8 Å². The van der Waals surface area contributed by atoms with E-state index in [1.54, 1.807) is 30.6 Å². The maximum atomic E-state index is 11.3. The zero-order valence-corrected chi connectivity index (χ0v) is 9.60. The van der Waals surface area contributed by atoms with Gasteiger partial charge in [-0.15, -0.1) is 0 Å². The Balaban J connectivity index is 2.23. The molecule has 2 aromatic rings. The number of urea groups is 1. The predicted octanol–water partition coefficient (Wildman–Crippen LogP) is 2.00. The van der Waals surface area contributed by atoms with Gasteiger partial charge in [-0.3, -0.25) is 4.98 Å². The number of rotatable bonds is 3. The van der Waals surface area contributed by atoms with E-state index in [0.29, 0.717) is 5.69 Å². The maximum Gasteiger partial charge on any atom is 0.340 e. The summed E-state index contributed by atoms with van der Waals surface area (Å²) in [6.45, 7) is 0. The number of carbonyl (C=O) groups is 1. The molecule has 0 aliphatic carbocycles. The number of hydrazone groups is 1. The van der Waals surface area contributed by atoms with E-state index in [2.05, 4.69) is 10.1 Å². The fourth-order valence-corrected chi connectivity index (χ4v) is 1.40. The van der Waals surface area contributed by atoms with Crippen LogP contribution in [0.4, 0.5) is 10.5 Å². The van der Waals surface area contributed by atoms with Gasteiger partial charge in [-0.2, -0.15) is 10.1 Å². The van der Waals surface area contributed by atoms with Crippen molar-refractivity contribution in [2.75, 3.05) is 5.01 Å². The zero-order chi connectivity index (χ0) is 12.8. The van der Waals surface area contributed by atoms with E-state index < -0.39 is 6.03 Å². The normalized spacial score (nSPS) is 10.4. The van der Waals surface area contributed by atoms with Crippen LogP contribution in [0, 0.1) is 0 Å². The van der Waals surface area contributed by atoms with E-state index in [-0.39, 0.29) is 0 Å². The van der Waals surface area contributed by atoms with Crippen molar-refractivity contribution in [3.8, 4) is 0 Å². The van der Waals surface area contributed by atoms with Crippen molar-refractivity contribution in [3.05, 3.63) is 60.4 Å². The minimum Gasteiger partial charge on any atom is -0.350 e. The van der Waals surface area contributed by atoms with E-state index in [4.69, 9.17) is 5.73 Å². The SMILES string of the molecule is NC(=O)N(/N=C/c1cccnc1)c1ccccc1. The number of anilines is 1. The third kappa shape index (κ3) is 2.91. The van der Waals surface area contributed by atoms with E-state index >= 15 is 0 Å². The summed E-state index contributed by atoms with van der Waals surface area (Å²) in [7, 11) is 0. The van der Waals surface area contributed by atoms with Crippen molar-refractivity contribution in [3.63, 3.8) is 0 Å². The van der Waals surface area contributed by atoms with Gasteiger partial charge in [0.1, 0.15) is 0 Å². The average Bonchev–Trinajstić information content (AvgIpc) is 2.41. The van der Waals surface area contributed by atoms with Crippen LogP contribution in [-0.4, -0.2) is 17.2 Å². The first-order chi connectivity index (χ1) is 8.77. The molecule has 0 radical (unpaired) electrons. The molecule has 0 fully saturated rings. The van der Waals surface area contributed by atoms with Crippen LogP contribution >= 0.6 is 0 Å². The van der Waals surface area contributed by atoms with Crippen LogP contribution < -0.4 is 10.7 Å². The van der Waals surface area contributed by atoms with Crippen molar-refractivity contribution in [1.29, 1.82) is 0 Å². The Bertz CT molecular complexity index is 539. The number of aromatic nitrogens is 1. The maximum absolute atomic E-state index is 11.3. The van der Waals surface area contributed by atoms with E-state index in [9.17, 15) is 4.79 Å². The minimum atomic E-state index is -0.638. The third-order valence-corrected chi connectivity index (χ3v) is 2.22. The number of carbonyl (C=O) groups excluding carboxylic acids is 1. The lowest BCUT2D eigenvalue weighted by molar-refractivity contribution is 0.254. The number of primary amides is 1. The number of hydrogen-bond donors (Lipinski definition) is 1. The quantitative estimate of drug-likeness (QED) is 0.658. The summed E-state index contributed by atoms with van der Waals surface area (Å²) in [5.41, 5.74) is 6.70. The number of nitrogens with zero attached hydrogens (tertiary/aromatic N) is 3. The molecule has 0 saturated heterocycles. The third-order valence-electron chi connectivity index (χ3n) is 2.22. The summed E-state index contributed by atoms with van der Waals surface area (Å²) < 4.78 is 0.